The molecule has 172 valence electrons. The fraction of sp³-hybridized carbons (Fsp3) is 0.731. The van der Waals surface area contributed by atoms with E-state index in [0.717, 1.165) is 71.2 Å². The highest BCUT2D eigenvalue weighted by atomic mass is 16.3. The van der Waals surface area contributed by atoms with Crippen molar-refractivity contribution in [3.8, 4) is 0 Å². The van der Waals surface area contributed by atoms with Gasteiger partial charge in [-0.1, -0.05) is 25.0 Å². The Morgan fingerprint density at radius 2 is 1.77 bits per heavy atom. The Hall–Kier alpha value is -1.59. The Balaban J connectivity index is 1.58. The summed E-state index contributed by atoms with van der Waals surface area (Å²) in [6, 6.07) is 9.22. The molecule has 0 radical (unpaired) electrons. The summed E-state index contributed by atoms with van der Waals surface area (Å²) in [5.74, 6) is 0.555. The van der Waals surface area contributed by atoms with Crippen molar-refractivity contribution in [1.29, 1.82) is 0 Å². The van der Waals surface area contributed by atoms with E-state index in [1.807, 2.05) is 0 Å². The zero-order chi connectivity index (χ0) is 21.8. The van der Waals surface area contributed by atoms with E-state index in [-0.39, 0.29) is 12.0 Å². The lowest BCUT2D eigenvalue weighted by Gasteiger charge is -2.50. The van der Waals surface area contributed by atoms with E-state index < -0.39 is 5.60 Å². The van der Waals surface area contributed by atoms with Crippen LogP contribution >= 0.6 is 0 Å². The largest absolute Gasteiger partial charge is 0.389 e. The molecule has 1 aliphatic carbocycles. The topological polar surface area (TPSA) is 48.2 Å². The molecule has 2 saturated heterocycles. The Morgan fingerprint density at radius 1 is 1.06 bits per heavy atom. The first-order valence-electron chi connectivity index (χ1n) is 12.8. The molecule has 1 aromatic carbocycles. The first-order valence-corrected chi connectivity index (χ1v) is 12.8. The molecule has 4 atom stereocenters. The Labute approximate surface area is 188 Å². The third kappa shape index (κ3) is 4.78. The summed E-state index contributed by atoms with van der Waals surface area (Å²) in [4.78, 5) is 19.0. The van der Waals surface area contributed by atoms with E-state index in [1.54, 1.807) is 0 Å². The Kier molecular flexibility index (Phi) is 7.22. The lowest BCUT2D eigenvalue weighted by Crippen LogP contribution is -3.16. The predicted octanol–water partition coefficient (Wildman–Crippen LogP) is 2.80. The summed E-state index contributed by atoms with van der Waals surface area (Å²) in [6.07, 6.45) is 8.65. The lowest BCUT2D eigenvalue weighted by atomic mass is 9.66. The maximum atomic E-state index is 13.1. The minimum absolute atomic E-state index is 0.207. The molecule has 0 aromatic heterocycles. The first-order chi connectivity index (χ1) is 15.1. The van der Waals surface area contributed by atoms with E-state index in [1.165, 1.54) is 29.0 Å². The van der Waals surface area contributed by atoms with Gasteiger partial charge in [0.05, 0.1) is 12.1 Å². The molecule has 5 nitrogen and oxygen atoms in total. The Morgan fingerprint density at radius 3 is 2.45 bits per heavy atom. The molecular formula is C26H42N3O2+. The summed E-state index contributed by atoms with van der Waals surface area (Å²) in [5.41, 5.74) is 2.00. The van der Waals surface area contributed by atoms with Crippen LogP contribution in [0.4, 0.5) is 5.69 Å². The first kappa shape index (κ1) is 22.6. The van der Waals surface area contributed by atoms with Crippen LogP contribution in [0.15, 0.2) is 24.3 Å². The van der Waals surface area contributed by atoms with E-state index >= 15 is 0 Å². The monoisotopic (exact) mass is 428 g/mol. The van der Waals surface area contributed by atoms with Gasteiger partial charge in [-0.25, -0.2) is 0 Å². The molecule has 5 heteroatoms. The summed E-state index contributed by atoms with van der Waals surface area (Å²) >= 11 is 0. The van der Waals surface area contributed by atoms with E-state index in [9.17, 15) is 9.90 Å². The van der Waals surface area contributed by atoms with Crippen LogP contribution in [0.5, 0.6) is 0 Å². The van der Waals surface area contributed by atoms with Crippen molar-refractivity contribution in [2.45, 2.75) is 76.9 Å². The number of quaternary nitrogens is 1. The van der Waals surface area contributed by atoms with Crippen molar-refractivity contribution in [2.75, 3.05) is 44.2 Å². The van der Waals surface area contributed by atoms with Crippen molar-refractivity contribution < 1.29 is 14.8 Å². The molecule has 3 aliphatic rings. The van der Waals surface area contributed by atoms with E-state index in [2.05, 4.69) is 47.9 Å². The number of hydrogen-bond donors (Lipinski definition) is 2. The number of nitrogens with one attached hydrogen (secondary N) is 1. The van der Waals surface area contributed by atoms with E-state index in [0.29, 0.717) is 12.5 Å². The van der Waals surface area contributed by atoms with Gasteiger partial charge in [-0.3, -0.25) is 4.79 Å². The molecule has 1 aromatic rings. The average molecular weight is 429 g/mol. The van der Waals surface area contributed by atoms with Crippen molar-refractivity contribution in [3.63, 3.8) is 0 Å². The fourth-order valence-electron chi connectivity index (χ4n) is 6.45. The predicted molar refractivity (Wildman–Crippen MR) is 125 cm³/mol. The van der Waals surface area contributed by atoms with E-state index in [4.69, 9.17) is 0 Å². The summed E-state index contributed by atoms with van der Waals surface area (Å²) < 4.78 is 0. The molecular weight excluding hydrogens is 386 g/mol. The molecule has 2 aliphatic heterocycles. The summed E-state index contributed by atoms with van der Waals surface area (Å²) in [6.45, 7) is 9.68. The average Bonchev–Trinajstić information content (AvgIpc) is 2.81. The molecule has 4 rings (SSSR count). The number of aliphatic hydroxyl groups is 1. The van der Waals surface area contributed by atoms with Gasteiger partial charge in [-0.2, -0.15) is 0 Å². The zero-order valence-corrected chi connectivity index (χ0v) is 19.6. The van der Waals surface area contributed by atoms with Crippen molar-refractivity contribution in [2.24, 2.45) is 5.92 Å². The number of benzene rings is 1. The second kappa shape index (κ2) is 9.91. The highest BCUT2D eigenvalue weighted by Gasteiger charge is 2.52. The number of rotatable bonds is 6. The maximum absolute atomic E-state index is 13.1. The van der Waals surface area contributed by atoms with Crippen LogP contribution in [0, 0.1) is 5.92 Å². The van der Waals surface area contributed by atoms with Gasteiger partial charge in [0.25, 0.3) is 5.91 Å². The van der Waals surface area contributed by atoms with Crippen molar-refractivity contribution >= 4 is 11.6 Å². The van der Waals surface area contributed by atoms with Gasteiger partial charge in [-0.05, 0) is 58.1 Å². The second-order valence-electron chi connectivity index (χ2n) is 9.97. The summed E-state index contributed by atoms with van der Waals surface area (Å²) in [7, 11) is 0. The molecule has 1 saturated carbocycles. The number of amides is 1. The third-order valence-electron chi connectivity index (χ3n) is 8.25. The van der Waals surface area contributed by atoms with Crippen LogP contribution < -0.4 is 9.80 Å². The molecule has 2 N–H and O–H groups in total. The molecule has 0 spiro atoms. The number of piperidine rings is 2. The highest BCUT2D eigenvalue weighted by molar-refractivity contribution is 5.77. The lowest BCUT2D eigenvalue weighted by molar-refractivity contribution is -0.938. The van der Waals surface area contributed by atoms with Crippen LogP contribution in [0.25, 0.3) is 0 Å². The van der Waals surface area contributed by atoms with Crippen LogP contribution in [0.3, 0.4) is 0 Å². The zero-order valence-electron chi connectivity index (χ0n) is 19.6. The number of likely N-dealkylation sites (tertiary alicyclic amines) is 2. The summed E-state index contributed by atoms with van der Waals surface area (Å²) in [5, 5.41) is 11.5. The number of hydrogen-bond acceptors (Lipinski definition) is 3. The SMILES string of the molecule is CCN(CC)c1ccc([C@H]2[C@H]3CCCC[C@]3(O)CC[NH+]2CC(=O)N2CCCCC2)cc1. The molecule has 3 fully saturated rings. The molecule has 1 amide bonds. The van der Waals surface area contributed by atoms with Crippen molar-refractivity contribution in [1.82, 2.24) is 4.90 Å². The highest BCUT2D eigenvalue weighted by Crippen LogP contribution is 2.44. The molecule has 2 heterocycles. The third-order valence-corrected chi connectivity index (χ3v) is 8.25. The number of carbonyl (C=O) groups is 1. The second-order valence-corrected chi connectivity index (χ2v) is 9.97. The van der Waals surface area contributed by atoms with Gasteiger partial charge in [0.15, 0.2) is 6.54 Å². The van der Waals surface area contributed by atoms with Gasteiger partial charge >= 0.3 is 0 Å². The quantitative estimate of drug-likeness (QED) is 0.733. The van der Waals surface area contributed by atoms with Crippen LogP contribution in [-0.2, 0) is 4.79 Å². The minimum Gasteiger partial charge on any atom is -0.389 e. The number of carbonyl (C=O) groups excluding carboxylic acids is 1. The maximum Gasteiger partial charge on any atom is 0.277 e. The molecule has 0 bridgehead atoms. The van der Waals surface area contributed by atoms with Crippen LogP contribution in [0.2, 0.25) is 0 Å². The number of nitrogens with zero attached hydrogens (tertiary/aromatic N) is 2. The smallest absolute Gasteiger partial charge is 0.277 e. The van der Waals surface area contributed by atoms with Gasteiger partial charge in [0, 0.05) is 49.8 Å². The van der Waals surface area contributed by atoms with Gasteiger partial charge < -0.3 is 19.8 Å². The number of anilines is 1. The molecule has 1 unspecified atom stereocenters. The minimum atomic E-state index is -0.557. The molecule has 31 heavy (non-hydrogen) atoms. The normalized spacial score (nSPS) is 31.2. The van der Waals surface area contributed by atoms with Crippen LogP contribution in [-0.4, -0.2) is 60.8 Å². The van der Waals surface area contributed by atoms with Crippen molar-refractivity contribution in [3.05, 3.63) is 29.8 Å². The van der Waals surface area contributed by atoms with Gasteiger partial charge in [-0.15, -0.1) is 0 Å². The van der Waals surface area contributed by atoms with Crippen LogP contribution in [0.1, 0.15) is 76.8 Å². The van der Waals surface area contributed by atoms with Gasteiger partial charge in [0.1, 0.15) is 6.04 Å². The standard InChI is InChI=1S/C26H41N3O2/c1-3-27(4-2)22-13-11-21(12-14-22)25-23-10-6-7-15-26(23,31)16-19-29(25)20-24(30)28-17-8-5-9-18-28/h11-14,23,25,31H,3-10,15-20H2,1-2H3/p+1/t23-,25+,26+/m1/s1. The Bertz CT molecular complexity index is 727. The van der Waals surface area contributed by atoms with Gasteiger partial charge in [0.2, 0.25) is 0 Å². The fourth-order valence-corrected chi connectivity index (χ4v) is 6.45. The number of fused-ring (bicyclic) bond motifs is 1.